The molecule has 1 rings (SSSR count). The van der Waals surface area contributed by atoms with Crippen LogP contribution in [-0.4, -0.2) is 54.6 Å². The lowest BCUT2D eigenvalue weighted by Crippen LogP contribution is -2.61. The van der Waals surface area contributed by atoms with Gasteiger partial charge in [0.25, 0.3) is 0 Å². The molecule has 138 valence electrons. The number of carbonyl (C=O) groups is 4. The molecule has 1 fully saturated rings. The topological polar surface area (TPSA) is 114 Å². The fraction of sp³-hybridized carbons (Fsp3) is 0.562. The van der Waals surface area contributed by atoms with Crippen LogP contribution in [0.5, 0.6) is 0 Å². The van der Waals surface area contributed by atoms with Crippen molar-refractivity contribution in [2.75, 3.05) is 0 Å². The van der Waals surface area contributed by atoms with E-state index in [2.05, 4.69) is 12.3 Å². The zero-order valence-corrected chi connectivity index (χ0v) is 14.3. The second-order valence-electron chi connectivity index (χ2n) is 5.17. The van der Waals surface area contributed by atoms with Gasteiger partial charge in [-0.25, -0.2) is 0 Å². The van der Waals surface area contributed by atoms with Gasteiger partial charge >= 0.3 is 23.9 Å². The van der Waals surface area contributed by atoms with Crippen LogP contribution in [0.15, 0.2) is 18.4 Å². The number of hydrogen-bond donors (Lipinski definition) is 0. The number of carbonyl (C=O) groups excluding carboxylic acids is 4. The van der Waals surface area contributed by atoms with Crippen LogP contribution in [0.2, 0.25) is 0 Å². The molecule has 5 atom stereocenters. The normalized spacial score (nSPS) is 28.1. The molecule has 25 heavy (non-hydrogen) atoms. The van der Waals surface area contributed by atoms with Crippen LogP contribution in [0.1, 0.15) is 27.7 Å². The van der Waals surface area contributed by atoms with Gasteiger partial charge < -0.3 is 23.7 Å². The minimum absolute atomic E-state index is 0.680. The Kier molecular flexibility index (Phi) is 7.35. The van der Waals surface area contributed by atoms with E-state index in [4.69, 9.17) is 23.7 Å². The van der Waals surface area contributed by atoms with Gasteiger partial charge in [-0.15, -0.1) is 5.73 Å². The molecule has 9 nitrogen and oxygen atoms in total. The maximum atomic E-state index is 11.5. The monoisotopic (exact) mass is 356 g/mol. The maximum Gasteiger partial charge on any atom is 0.305 e. The van der Waals surface area contributed by atoms with Gasteiger partial charge in [-0.1, -0.05) is 6.58 Å². The maximum absolute atomic E-state index is 11.5. The average Bonchev–Trinajstić information content (AvgIpc) is 2.45. The van der Waals surface area contributed by atoms with E-state index in [9.17, 15) is 19.2 Å². The third-order valence-electron chi connectivity index (χ3n) is 3.00. The van der Waals surface area contributed by atoms with E-state index in [1.807, 2.05) is 0 Å². The smallest absolute Gasteiger partial charge is 0.305 e. The summed E-state index contributed by atoms with van der Waals surface area (Å²) in [5.74, 6) is -2.84. The molecular formula is C16H20O9. The second kappa shape index (κ2) is 9.00. The molecule has 1 aliphatic heterocycles. The van der Waals surface area contributed by atoms with Gasteiger partial charge in [0.15, 0.2) is 12.2 Å². The summed E-state index contributed by atoms with van der Waals surface area (Å²) in [5, 5.41) is 0. The summed E-state index contributed by atoms with van der Waals surface area (Å²) in [6.07, 6.45) is -4.83. The van der Waals surface area contributed by atoms with Crippen LogP contribution in [0.25, 0.3) is 0 Å². The van der Waals surface area contributed by atoms with Crippen molar-refractivity contribution in [3.8, 4) is 0 Å². The summed E-state index contributed by atoms with van der Waals surface area (Å²) in [7, 11) is 0. The number of rotatable bonds is 5. The molecule has 1 saturated heterocycles. The molecule has 0 aromatic heterocycles. The van der Waals surface area contributed by atoms with Gasteiger partial charge in [0.2, 0.25) is 12.4 Å². The van der Waals surface area contributed by atoms with Gasteiger partial charge in [-0.2, -0.15) is 0 Å². The summed E-state index contributed by atoms with van der Waals surface area (Å²) in [5.41, 5.74) is 2.46. The fourth-order valence-corrected chi connectivity index (χ4v) is 2.31. The van der Waals surface area contributed by atoms with E-state index in [0.29, 0.717) is 0 Å². The second-order valence-corrected chi connectivity index (χ2v) is 5.17. The summed E-state index contributed by atoms with van der Waals surface area (Å²) in [6.45, 7) is 7.93. The molecule has 1 aliphatic rings. The average molecular weight is 356 g/mol. The number of ether oxygens (including phenoxy) is 5. The molecule has 0 amide bonds. The van der Waals surface area contributed by atoms with Crippen molar-refractivity contribution < 1.29 is 42.9 Å². The van der Waals surface area contributed by atoms with Gasteiger partial charge in [0, 0.05) is 27.7 Å². The third-order valence-corrected chi connectivity index (χ3v) is 3.00. The molecule has 0 N–H and O–H groups in total. The van der Waals surface area contributed by atoms with Crippen molar-refractivity contribution in [1.29, 1.82) is 0 Å². The molecule has 0 aromatic rings. The fourth-order valence-electron chi connectivity index (χ4n) is 2.31. The molecule has 9 heteroatoms. The molecule has 0 aromatic carbocycles. The SMILES string of the molecule is C=C=CC1OC(OC(C)=O)C(OC(C)=O)[C@H](OC(C)=O)[C@@H]1OC(C)=O. The highest BCUT2D eigenvalue weighted by atomic mass is 16.7. The van der Waals surface area contributed by atoms with Gasteiger partial charge in [-0.3, -0.25) is 19.2 Å². The van der Waals surface area contributed by atoms with E-state index < -0.39 is 54.6 Å². The largest absolute Gasteiger partial charge is 0.455 e. The first-order valence-corrected chi connectivity index (χ1v) is 7.36. The van der Waals surface area contributed by atoms with Crippen molar-refractivity contribution in [2.45, 2.75) is 58.4 Å². The van der Waals surface area contributed by atoms with E-state index in [1.54, 1.807) is 0 Å². The standard InChI is InChI=1S/C16H20O9/c1-6-7-12-13(21-8(2)17)14(22-9(3)18)15(23-10(4)19)16(25-12)24-11(5)20/h7,12-16H,1H2,2-5H3/t12?,13-,14-,15?,16?/m1/s1. The lowest BCUT2D eigenvalue weighted by atomic mass is 9.97. The van der Waals surface area contributed by atoms with Crippen molar-refractivity contribution in [3.63, 3.8) is 0 Å². The number of esters is 4. The first-order chi connectivity index (χ1) is 11.6. The Balaban J connectivity index is 3.33. The predicted octanol–water partition coefficient (Wildman–Crippen LogP) is 0.411. The lowest BCUT2D eigenvalue weighted by Gasteiger charge is -2.42. The Morgan fingerprint density at radius 1 is 0.800 bits per heavy atom. The Morgan fingerprint density at radius 2 is 1.24 bits per heavy atom. The lowest BCUT2D eigenvalue weighted by molar-refractivity contribution is -0.287. The highest BCUT2D eigenvalue weighted by molar-refractivity contribution is 5.69. The summed E-state index contributed by atoms with van der Waals surface area (Å²) in [6, 6.07) is 0. The molecule has 0 aliphatic carbocycles. The van der Waals surface area contributed by atoms with Crippen molar-refractivity contribution in [1.82, 2.24) is 0 Å². The van der Waals surface area contributed by atoms with Crippen molar-refractivity contribution in [2.24, 2.45) is 0 Å². The van der Waals surface area contributed by atoms with Crippen molar-refractivity contribution >= 4 is 23.9 Å². The summed E-state index contributed by atoms with van der Waals surface area (Å²) < 4.78 is 26.0. The summed E-state index contributed by atoms with van der Waals surface area (Å²) in [4.78, 5) is 45.6. The quantitative estimate of drug-likeness (QED) is 0.392. The molecule has 0 spiro atoms. The zero-order valence-electron chi connectivity index (χ0n) is 14.3. The molecule has 0 saturated carbocycles. The van der Waals surface area contributed by atoms with Crippen LogP contribution >= 0.6 is 0 Å². The zero-order chi connectivity index (χ0) is 19.1. The first-order valence-electron chi connectivity index (χ1n) is 7.36. The van der Waals surface area contributed by atoms with Crippen LogP contribution in [-0.2, 0) is 42.9 Å². The summed E-state index contributed by atoms with van der Waals surface area (Å²) >= 11 is 0. The van der Waals surface area contributed by atoms with Gasteiger partial charge in [0.05, 0.1) is 0 Å². The Labute approximate surface area is 144 Å². The molecule has 0 bridgehead atoms. The minimum Gasteiger partial charge on any atom is -0.455 e. The van der Waals surface area contributed by atoms with Crippen LogP contribution in [0, 0.1) is 0 Å². The van der Waals surface area contributed by atoms with E-state index in [-0.39, 0.29) is 0 Å². The van der Waals surface area contributed by atoms with Crippen LogP contribution in [0.4, 0.5) is 0 Å². The number of hydrogen-bond acceptors (Lipinski definition) is 9. The van der Waals surface area contributed by atoms with Gasteiger partial charge in [0.1, 0.15) is 6.10 Å². The van der Waals surface area contributed by atoms with E-state index in [0.717, 1.165) is 27.7 Å². The minimum atomic E-state index is -1.38. The van der Waals surface area contributed by atoms with Gasteiger partial charge in [-0.05, 0) is 6.08 Å². The van der Waals surface area contributed by atoms with Crippen molar-refractivity contribution in [3.05, 3.63) is 18.4 Å². The Morgan fingerprint density at radius 3 is 1.68 bits per heavy atom. The molecular weight excluding hydrogens is 336 g/mol. The van der Waals surface area contributed by atoms with Crippen LogP contribution in [0.3, 0.4) is 0 Å². The Hall–Kier alpha value is -2.64. The molecule has 0 radical (unpaired) electrons. The first kappa shape index (κ1) is 20.4. The molecule has 3 unspecified atom stereocenters. The van der Waals surface area contributed by atoms with E-state index in [1.165, 1.54) is 6.08 Å². The van der Waals surface area contributed by atoms with E-state index >= 15 is 0 Å². The highest BCUT2D eigenvalue weighted by Gasteiger charge is 2.52. The predicted molar refractivity (Wildman–Crippen MR) is 80.8 cm³/mol. The highest BCUT2D eigenvalue weighted by Crippen LogP contribution is 2.30. The Bertz CT molecular complexity index is 590. The van der Waals surface area contributed by atoms with Crippen LogP contribution < -0.4 is 0 Å². The third kappa shape index (κ3) is 6.06. The molecule has 1 heterocycles.